The molecule has 4 nitrogen and oxygen atoms in total. The molecule has 29 heavy (non-hydrogen) atoms. The van der Waals surface area contributed by atoms with Gasteiger partial charge in [-0.25, -0.2) is 0 Å². The van der Waals surface area contributed by atoms with Crippen molar-refractivity contribution < 1.29 is 9.59 Å². The van der Waals surface area contributed by atoms with Gasteiger partial charge in [0.1, 0.15) is 0 Å². The number of carbonyl (C=O) groups excluding carboxylic acids is 2. The van der Waals surface area contributed by atoms with Gasteiger partial charge in [-0.2, -0.15) is 0 Å². The summed E-state index contributed by atoms with van der Waals surface area (Å²) in [5.74, 6) is -0.239. The van der Waals surface area contributed by atoms with Gasteiger partial charge in [-0.3, -0.25) is 9.59 Å². The lowest BCUT2D eigenvalue weighted by atomic mass is 10.1. The molecule has 0 heterocycles. The van der Waals surface area contributed by atoms with Gasteiger partial charge in [0, 0.05) is 34.5 Å². The number of nitrogens with one attached hydrogen (secondary N) is 2. The Morgan fingerprint density at radius 1 is 0.897 bits per heavy atom. The van der Waals surface area contributed by atoms with E-state index in [1.165, 1.54) is 22.9 Å². The molecule has 0 spiro atoms. The number of carbonyl (C=O) groups is 2. The zero-order chi connectivity index (χ0) is 20.8. The standard InChI is InChI=1S/C24H24N2O2S/c1-16-4-5-17(2)23(14-16)29-22-12-10-21(11-13-22)26-24(28)20-8-6-19(7-9-20)15-25-18(3)27/h4-14H,15H2,1-3H3,(H,25,27)(H,26,28). The second-order valence-electron chi connectivity index (χ2n) is 6.96. The zero-order valence-electron chi connectivity index (χ0n) is 16.8. The highest BCUT2D eigenvalue weighted by molar-refractivity contribution is 7.99. The van der Waals surface area contributed by atoms with Crippen molar-refractivity contribution in [2.45, 2.75) is 37.1 Å². The summed E-state index contributed by atoms with van der Waals surface area (Å²) in [6, 6.07) is 21.5. The van der Waals surface area contributed by atoms with Gasteiger partial charge in [0.15, 0.2) is 0 Å². The fourth-order valence-corrected chi connectivity index (χ4v) is 3.75. The average molecular weight is 405 g/mol. The Kier molecular flexibility index (Phi) is 6.73. The zero-order valence-corrected chi connectivity index (χ0v) is 17.6. The van der Waals surface area contributed by atoms with E-state index in [1.807, 2.05) is 36.4 Å². The van der Waals surface area contributed by atoms with Gasteiger partial charge < -0.3 is 10.6 Å². The van der Waals surface area contributed by atoms with Gasteiger partial charge in [0.25, 0.3) is 5.91 Å². The third-order valence-corrected chi connectivity index (χ3v) is 5.61. The highest BCUT2D eigenvalue weighted by atomic mass is 32.2. The average Bonchev–Trinajstić information content (AvgIpc) is 2.71. The van der Waals surface area contributed by atoms with Gasteiger partial charge in [0.2, 0.25) is 5.91 Å². The van der Waals surface area contributed by atoms with Crippen molar-refractivity contribution in [3.05, 3.63) is 89.0 Å². The van der Waals surface area contributed by atoms with E-state index < -0.39 is 0 Å². The molecule has 0 unspecified atom stereocenters. The van der Waals surface area contributed by atoms with E-state index in [0.29, 0.717) is 12.1 Å². The Morgan fingerprint density at radius 2 is 1.59 bits per heavy atom. The number of benzene rings is 3. The summed E-state index contributed by atoms with van der Waals surface area (Å²) >= 11 is 1.72. The van der Waals surface area contributed by atoms with Gasteiger partial charge >= 0.3 is 0 Å². The molecule has 0 aromatic heterocycles. The van der Waals surface area contributed by atoms with E-state index in [0.717, 1.165) is 16.1 Å². The first kappa shape index (κ1) is 20.7. The fourth-order valence-electron chi connectivity index (χ4n) is 2.75. The van der Waals surface area contributed by atoms with Crippen LogP contribution in [0, 0.1) is 13.8 Å². The van der Waals surface area contributed by atoms with Crippen molar-refractivity contribution in [2.75, 3.05) is 5.32 Å². The van der Waals surface area contributed by atoms with Crippen LogP contribution in [0.2, 0.25) is 0 Å². The smallest absolute Gasteiger partial charge is 0.255 e. The summed E-state index contributed by atoms with van der Waals surface area (Å²) in [4.78, 5) is 25.8. The van der Waals surface area contributed by atoms with Crippen LogP contribution in [-0.2, 0) is 11.3 Å². The molecule has 0 fully saturated rings. The Bertz CT molecular complexity index is 1010. The number of rotatable bonds is 6. The number of hydrogen-bond acceptors (Lipinski definition) is 3. The summed E-state index contributed by atoms with van der Waals surface area (Å²) in [7, 11) is 0. The molecule has 0 saturated heterocycles. The van der Waals surface area contributed by atoms with Crippen molar-refractivity contribution >= 4 is 29.3 Å². The number of aryl methyl sites for hydroxylation is 2. The van der Waals surface area contributed by atoms with Crippen LogP contribution >= 0.6 is 11.8 Å². The predicted octanol–water partition coefficient (Wildman–Crippen LogP) is 5.34. The summed E-state index contributed by atoms with van der Waals surface area (Å²) in [6.07, 6.45) is 0. The molecule has 2 N–H and O–H groups in total. The molecule has 148 valence electrons. The maximum absolute atomic E-state index is 12.5. The molecule has 0 aliphatic heterocycles. The van der Waals surface area contributed by atoms with Crippen LogP contribution in [0.3, 0.4) is 0 Å². The highest BCUT2D eigenvalue weighted by Crippen LogP contribution is 2.31. The van der Waals surface area contributed by atoms with Crippen LogP contribution in [0.25, 0.3) is 0 Å². The minimum absolute atomic E-state index is 0.0778. The third-order valence-electron chi connectivity index (χ3n) is 4.44. The lowest BCUT2D eigenvalue weighted by molar-refractivity contribution is -0.119. The van der Waals surface area contributed by atoms with Crippen LogP contribution < -0.4 is 10.6 Å². The van der Waals surface area contributed by atoms with Crippen LogP contribution in [-0.4, -0.2) is 11.8 Å². The molecule has 0 aliphatic rings. The molecule has 0 radical (unpaired) electrons. The summed E-state index contributed by atoms with van der Waals surface area (Å²) in [5, 5.41) is 5.66. The van der Waals surface area contributed by atoms with Crippen molar-refractivity contribution in [1.82, 2.24) is 5.32 Å². The van der Waals surface area contributed by atoms with Gasteiger partial charge in [-0.1, -0.05) is 36.0 Å². The SMILES string of the molecule is CC(=O)NCc1ccc(C(=O)Nc2ccc(Sc3cc(C)ccc3C)cc2)cc1. The molecule has 0 bridgehead atoms. The Labute approximate surface area is 175 Å². The summed E-state index contributed by atoms with van der Waals surface area (Å²) < 4.78 is 0. The maximum Gasteiger partial charge on any atom is 0.255 e. The largest absolute Gasteiger partial charge is 0.352 e. The molecular weight excluding hydrogens is 380 g/mol. The van der Waals surface area contributed by atoms with E-state index >= 15 is 0 Å². The van der Waals surface area contributed by atoms with E-state index in [4.69, 9.17) is 0 Å². The van der Waals surface area contributed by atoms with Crippen molar-refractivity contribution in [3.63, 3.8) is 0 Å². The molecule has 3 rings (SSSR count). The second kappa shape index (κ2) is 9.43. The minimum atomic E-state index is -0.161. The third kappa shape index (κ3) is 5.96. The fraction of sp³-hybridized carbons (Fsp3) is 0.167. The molecular formula is C24H24N2O2S. The normalized spacial score (nSPS) is 10.4. The van der Waals surface area contributed by atoms with E-state index in [9.17, 15) is 9.59 Å². The van der Waals surface area contributed by atoms with Crippen molar-refractivity contribution in [1.29, 1.82) is 0 Å². The topological polar surface area (TPSA) is 58.2 Å². The summed E-state index contributed by atoms with van der Waals surface area (Å²) in [6.45, 7) is 6.14. The van der Waals surface area contributed by atoms with Crippen LogP contribution in [0.1, 0.15) is 34.0 Å². The molecule has 3 aromatic rings. The van der Waals surface area contributed by atoms with Crippen molar-refractivity contribution in [3.8, 4) is 0 Å². The Morgan fingerprint density at radius 3 is 2.24 bits per heavy atom. The first-order chi connectivity index (χ1) is 13.9. The molecule has 0 aliphatic carbocycles. The quantitative estimate of drug-likeness (QED) is 0.583. The maximum atomic E-state index is 12.5. The van der Waals surface area contributed by atoms with Crippen LogP contribution in [0.4, 0.5) is 5.69 Å². The monoisotopic (exact) mass is 404 g/mol. The number of hydrogen-bond donors (Lipinski definition) is 2. The van der Waals surface area contributed by atoms with E-state index in [-0.39, 0.29) is 11.8 Å². The molecule has 0 saturated carbocycles. The number of anilines is 1. The predicted molar refractivity (Wildman–Crippen MR) is 118 cm³/mol. The lowest BCUT2D eigenvalue weighted by Gasteiger charge is -2.09. The van der Waals surface area contributed by atoms with Gasteiger partial charge in [0.05, 0.1) is 0 Å². The first-order valence-electron chi connectivity index (χ1n) is 9.40. The second-order valence-corrected chi connectivity index (χ2v) is 8.07. The van der Waals surface area contributed by atoms with Crippen LogP contribution in [0.15, 0.2) is 76.5 Å². The summed E-state index contributed by atoms with van der Waals surface area (Å²) in [5.41, 5.74) is 4.77. The van der Waals surface area contributed by atoms with Gasteiger partial charge in [-0.05, 0) is 73.0 Å². The molecule has 5 heteroatoms. The first-order valence-corrected chi connectivity index (χ1v) is 10.2. The van der Waals surface area contributed by atoms with E-state index in [1.54, 1.807) is 23.9 Å². The molecule has 2 amide bonds. The highest BCUT2D eigenvalue weighted by Gasteiger charge is 2.07. The van der Waals surface area contributed by atoms with Gasteiger partial charge in [-0.15, -0.1) is 0 Å². The Balaban J connectivity index is 1.61. The molecule has 3 aromatic carbocycles. The van der Waals surface area contributed by atoms with Crippen LogP contribution in [0.5, 0.6) is 0 Å². The Hall–Kier alpha value is -3.05. The lowest BCUT2D eigenvalue weighted by Crippen LogP contribution is -2.19. The van der Waals surface area contributed by atoms with Crippen molar-refractivity contribution in [2.24, 2.45) is 0 Å². The van der Waals surface area contributed by atoms with E-state index in [2.05, 4.69) is 42.7 Å². The number of amides is 2. The molecule has 0 atom stereocenters. The minimum Gasteiger partial charge on any atom is -0.352 e.